The van der Waals surface area contributed by atoms with Gasteiger partial charge in [-0.25, -0.2) is 0 Å². The summed E-state index contributed by atoms with van der Waals surface area (Å²) in [5.41, 5.74) is 1.69. The number of Topliss-reactive ketones (excluding diaryl/α,β-unsaturated/α-hetero) is 1. The van der Waals surface area contributed by atoms with Crippen molar-refractivity contribution in [2.45, 2.75) is 77.8 Å². The van der Waals surface area contributed by atoms with E-state index in [-0.39, 0.29) is 29.8 Å². The van der Waals surface area contributed by atoms with Gasteiger partial charge in [-0.3, -0.25) is 14.4 Å². The zero-order valence-electron chi connectivity index (χ0n) is 19.8. The van der Waals surface area contributed by atoms with E-state index in [9.17, 15) is 14.4 Å². The summed E-state index contributed by atoms with van der Waals surface area (Å²) in [5, 5.41) is 3.17. The van der Waals surface area contributed by atoms with Crippen LogP contribution in [0.5, 0.6) is 0 Å². The average Bonchev–Trinajstić information content (AvgIpc) is 2.98. The van der Waals surface area contributed by atoms with E-state index in [4.69, 9.17) is 9.47 Å². The standard InChI is InChI=1S/C25H36N2O5/c1-16-8-21(17(2)27(16)6-5-7-31-4)22(29)14-32-23(30)24-10-19-9-20(11-24)13-25(12-19,15-24)26-18(3)28/h8,19-20H,5-7,9-15H2,1-4H3,(H,26,28)/t19-,20+,24?,25?. The van der Waals surface area contributed by atoms with E-state index in [0.29, 0.717) is 30.4 Å². The Morgan fingerprint density at radius 3 is 2.47 bits per heavy atom. The van der Waals surface area contributed by atoms with Gasteiger partial charge < -0.3 is 19.4 Å². The second-order valence-corrected chi connectivity index (χ2v) is 10.5. The number of ether oxygens (including phenoxy) is 2. The Labute approximate surface area is 190 Å². The van der Waals surface area contributed by atoms with Crippen LogP contribution >= 0.6 is 0 Å². The van der Waals surface area contributed by atoms with Crippen LogP contribution in [-0.4, -0.2) is 48.1 Å². The molecule has 5 rings (SSSR count). The van der Waals surface area contributed by atoms with E-state index in [1.165, 1.54) is 0 Å². The van der Waals surface area contributed by atoms with Gasteiger partial charge in [-0.15, -0.1) is 0 Å². The molecule has 4 aliphatic carbocycles. The van der Waals surface area contributed by atoms with Crippen molar-refractivity contribution in [1.82, 2.24) is 9.88 Å². The van der Waals surface area contributed by atoms with Crippen molar-refractivity contribution in [2.24, 2.45) is 17.3 Å². The lowest BCUT2D eigenvalue weighted by molar-refractivity contribution is -0.174. The molecule has 1 aromatic rings. The third-order valence-electron chi connectivity index (χ3n) is 7.87. The molecular weight excluding hydrogens is 408 g/mol. The van der Waals surface area contributed by atoms with Crippen molar-refractivity contribution in [2.75, 3.05) is 20.3 Å². The predicted octanol–water partition coefficient (Wildman–Crippen LogP) is 3.34. The number of nitrogens with one attached hydrogen (secondary N) is 1. The largest absolute Gasteiger partial charge is 0.457 e. The quantitative estimate of drug-likeness (QED) is 0.359. The first-order valence-electron chi connectivity index (χ1n) is 11.8. The summed E-state index contributed by atoms with van der Waals surface area (Å²) in [7, 11) is 1.68. The number of carbonyl (C=O) groups is 3. The highest BCUT2D eigenvalue weighted by atomic mass is 16.5. The maximum Gasteiger partial charge on any atom is 0.312 e. The SMILES string of the molecule is COCCCn1c(C)cc(C(=O)COC(=O)C23C[C@@H]4C[C@@H](CC(NC(C)=O)(C4)C2)C3)c1C. The molecule has 0 aliphatic heterocycles. The summed E-state index contributed by atoms with van der Waals surface area (Å²) in [6, 6.07) is 1.88. The molecule has 0 radical (unpaired) electrons. The van der Waals surface area contributed by atoms with Gasteiger partial charge in [0.2, 0.25) is 11.7 Å². The van der Waals surface area contributed by atoms with E-state index in [2.05, 4.69) is 9.88 Å². The highest BCUT2D eigenvalue weighted by molar-refractivity contribution is 5.99. The maximum absolute atomic E-state index is 13.3. The van der Waals surface area contributed by atoms with Gasteiger partial charge in [-0.05, 0) is 76.7 Å². The molecule has 32 heavy (non-hydrogen) atoms. The normalized spacial score (nSPS) is 30.4. The van der Waals surface area contributed by atoms with E-state index in [0.717, 1.165) is 56.5 Å². The van der Waals surface area contributed by atoms with E-state index >= 15 is 0 Å². The van der Waals surface area contributed by atoms with Gasteiger partial charge in [0.1, 0.15) is 0 Å². The average molecular weight is 445 g/mol. The number of ketones is 1. The van der Waals surface area contributed by atoms with Crippen LogP contribution in [0.25, 0.3) is 0 Å². The zero-order valence-corrected chi connectivity index (χ0v) is 19.8. The van der Waals surface area contributed by atoms with Gasteiger partial charge in [0.25, 0.3) is 0 Å². The van der Waals surface area contributed by atoms with Crippen molar-refractivity contribution in [3.8, 4) is 0 Å². The van der Waals surface area contributed by atoms with Gasteiger partial charge in [-0.2, -0.15) is 0 Å². The number of amides is 1. The number of hydrogen-bond donors (Lipinski definition) is 1. The van der Waals surface area contributed by atoms with Gasteiger partial charge >= 0.3 is 5.97 Å². The molecule has 0 spiro atoms. The Kier molecular flexibility index (Phi) is 6.23. The topological polar surface area (TPSA) is 86.6 Å². The number of aryl methyl sites for hydroxylation is 1. The molecule has 0 saturated heterocycles. The number of esters is 1. The summed E-state index contributed by atoms with van der Waals surface area (Å²) in [4.78, 5) is 38.1. The Balaban J connectivity index is 1.42. The smallest absolute Gasteiger partial charge is 0.312 e. The number of hydrogen-bond acceptors (Lipinski definition) is 5. The first-order chi connectivity index (χ1) is 15.2. The zero-order chi connectivity index (χ0) is 23.1. The summed E-state index contributed by atoms with van der Waals surface area (Å²) in [6.07, 6.45) is 6.16. The van der Waals surface area contributed by atoms with Crippen molar-refractivity contribution in [3.05, 3.63) is 23.0 Å². The molecule has 176 valence electrons. The van der Waals surface area contributed by atoms with Crippen LogP contribution in [-0.2, 0) is 25.6 Å². The van der Waals surface area contributed by atoms with Crippen LogP contribution in [0, 0.1) is 31.1 Å². The van der Waals surface area contributed by atoms with E-state index < -0.39 is 5.41 Å². The van der Waals surface area contributed by atoms with Crippen molar-refractivity contribution >= 4 is 17.7 Å². The lowest BCUT2D eigenvalue weighted by Gasteiger charge is -2.60. The first kappa shape index (κ1) is 23.0. The van der Waals surface area contributed by atoms with Gasteiger partial charge in [0.15, 0.2) is 6.61 Å². The Morgan fingerprint density at radius 2 is 1.84 bits per heavy atom. The summed E-state index contributed by atoms with van der Waals surface area (Å²) < 4.78 is 12.9. The van der Waals surface area contributed by atoms with Crippen LogP contribution < -0.4 is 5.32 Å². The van der Waals surface area contributed by atoms with Crippen molar-refractivity contribution in [1.29, 1.82) is 0 Å². The van der Waals surface area contributed by atoms with Gasteiger partial charge in [0, 0.05) is 49.7 Å². The highest BCUT2D eigenvalue weighted by Gasteiger charge is 2.61. The third kappa shape index (κ3) is 4.24. The minimum Gasteiger partial charge on any atom is -0.457 e. The molecule has 4 aliphatic rings. The minimum atomic E-state index is -0.566. The maximum atomic E-state index is 13.3. The molecule has 0 aromatic carbocycles. The molecule has 1 heterocycles. The summed E-state index contributed by atoms with van der Waals surface area (Å²) in [6.45, 7) is 6.70. The number of aromatic nitrogens is 1. The molecule has 7 heteroatoms. The second kappa shape index (κ2) is 8.65. The Bertz CT molecular complexity index is 904. The summed E-state index contributed by atoms with van der Waals surface area (Å²) in [5.74, 6) is 0.426. The fourth-order valence-electron chi connectivity index (χ4n) is 7.18. The molecule has 4 atom stereocenters. The lowest BCUT2D eigenvalue weighted by atomic mass is 9.47. The highest BCUT2D eigenvalue weighted by Crippen LogP contribution is 2.62. The lowest BCUT2D eigenvalue weighted by Crippen LogP contribution is -2.64. The van der Waals surface area contributed by atoms with Crippen molar-refractivity contribution in [3.63, 3.8) is 0 Å². The molecule has 1 aromatic heterocycles. The van der Waals surface area contributed by atoms with Crippen LogP contribution in [0.2, 0.25) is 0 Å². The van der Waals surface area contributed by atoms with Crippen LogP contribution in [0.15, 0.2) is 6.07 Å². The fourth-order valence-corrected chi connectivity index (χ4v) is 7.18. The first-order valence-corrected chi connectivity index (χ1v) is 11.8. The number of methoxy groups -OCH3 is 1. The van der Waals surface area contributed by atoms with E-state index in [1.54, 1.807) is 14.0 Å². The fraction of sp³-hybridized carbons (Fsp3) is 0.720. The number of carbonyl (C=O) groups excluding carboxylic acids is 3. The second-order valence-electron chi connectivity index (χ2n) is 10.5. The molecular formula is C25H36N2O5. The number of nitrogens with zero attached hydrogens (tertiary/aromatic N) is 1. The van der Waals surface area contributed by atoms with Crippen LogP contribution in [0.1, 0.15) is 73.6 Å². The molecule has 4 bridgehead atoms. The summed E-state index contributed by atoms with van der Waals surface area (Å²) >= 11 is 0. The Morgan fingerprint density at radius 1 is 1.16 bits per heavy atom. The molecule has 4 fully saturated rings. The minimum absolute atomic E-state index is 0.0356. The molecule has 4 saturated carbocycles. The molecule has 7 nitrogen and oxygen atoms in total. The Hall–Kier alpha value is -2.15. The van der Waals surface area contributed by atoms with Gasteiger partial charge in [0.05, 0.1) is 5.41 Å². The van der Waals surface area contributed by atoms with Gasteiger partial charge in [-0.1, -0.05) is 0 Å². The van der Waals surface area contributed by atoms with Crippen LogP contribution in [0.4, 0.5) is 0 Å². The molecule has 1 N–H and O–H groups in total. The van der Waals surface area contributed by atoms with Crippen molar-refractivity contribution < 1.29 is 23.9 Å². The van der Waals surface area contributed by atoms with Crippen LogP contribution in [0.3, 0.4) is 0 Å². The number of rotatable bonds is 9. The molecule has 2 unspecified atom stereocenters. The van der Waals surface area contributed by atoms with E-state index in [1.807, 2.05) is 19.9 Å². The third-order valence-corrected chi connectivity index (χ3v) is 7.87. The monoisotopic (exact) mass is 444 g/mol. The predicted molar refractivity (Wildman–Crippen MR) is 119 cm³/mol. The molecule has 1 amide bonds.